The van der Waals surface area contributed by atoms with Crippen molar-refractivity contribution in [3.8, 4) is 0 Å². The van der Waals surface area contributed by atoms with E-state index in [-0.39, 0.29) is 18.3 Å². The van der Waals surface area contributed by atoms with Crippen LogP contribution in [0.2, 0.25) is 0 Å². The highest BCUT2D eigenvalue weighted by molar-refractivity contribution is 5.87. The molecule has 0 heterocycles. The summed E-state index contributed by atoms with van der Waals surface area (Å²) >= 11 is 0. The van der Waals surface area contributed by atoms with E-state index in [1.165, 1.54) is 6.07 Å². The van der Waals surface area contributed by atoms with Crippen molar-refractivity contribution in [3.05, 3.63) is 35.6 Å². The fourth-order valence-corrected chi connectivity index (χ4v) is 2.70. The van der Waals surface area contributed by atoms with Crippen molar-refractivity contribution in [1.82, 2.24) is 5.32 Å². The van der Waals surface area contributed by atoms with E-state index >= 15 is 0 Å². The molecule has 112 valence electrons. The number of rotatable bonds is 6. The summed E-state index contributed by atoms with van der Waals surface area (Å²) in [6, 6.07) is 6.48. The normalized spacial score (nSPS) is 20.6. The van der Waals surface area contributed by atoms with Gasteiger partial charge in [0.05, 0.1) is 10.8 Å². The topological polar surface area (TPSA) is 66.4 Å². The summed E-state index contributed by atoms with van der Waals surface area (Å²) in [5.41, 5.74) is -0.759. The van der Waals surface area contributed by atoms with Crippen LogP contribution in [0.15, 0.2) is 24.3 Å². The second kappa shape index (κ2) is 4.83. The van der Waals surface area contributed by atoms with E-state index in [1.807, 2.05) is 0 Å². The average molecular weight is 291 g/mol. The summed E-state index contributed by atoms with van der Waals surface area (Å²) in [7, 11) is 0. The molecule has 4 nitrogen and oxygen atoms in total. The average Bonchev–Trinajstić information content (AvgIpc) is 3.34. The number of aliphatic carboxylic acids is 1. The van der Waals surface area contributed by atoms with Crippen molar-refractivity contribution in [2.24, 2.45) is 10.8 Å². The molecule has 0 spiro atoms. The number of carbonyl (C=O) groups is 2. The number of amides is 1. The Morgan fingerprint density at radius 3 is 2.29 bits per heavy atom. The Bertz CT molecular complexity index is 591. The molecule has 0 radical (unpaired) electrons. The van der Waals surface area contributed by atoms with Gasteiger partial charge >= 0.3 is 5.97 Å². The highest BCUT2D eigenvalue weighted by Crippen LogP contribution is 2.50. The molecule has 0 aliphatic heterocycles. The van der Waals surface area contributed by atoms with Crippen LogP contribution in [0.5, 0.6) is 0 Å². The molecule has 3 rings (SSSR count). The van der Waals surface area contributed by atoms with E-state index in [2.05, 4.69) is 5.32 Å². The van der Waals surface area contributed by atoms with Gasteiger partial charge < -0.3 is 10.4 Å². The molecule has 1 aromatic rings. The molecule has 2 aliphatic rings. The number of carboxylic acid groups (broad SMARTS) is 1. The Hall–Kier alpha value is -1.91. The number of hydrogen-bond donors (Lipinski definition) is 2. The molecule has 2 fully saturated rings. The van der Waals surface area contributed by atoms with Crippen molar-refractivity contribution < 1.29 is 19.1 Å². The van der Waals surface area contributed by atoms with Gasteiger partial charge in [0.1, 0.15) is 5.82 Å². The van der Waals surface area contributed by atoms with Crippen molar-refractivity contribution >= 4 is 11.9 Å². The maximum Gasteiger partial charge on any atom is 0.311 e. The molecule has 21 heavy (non-hydrogen) atoms. The smallest absolute Gasteiger partial charge is 0.311 e. The minimum absolute atomic E-state index is 0.140. The first-order chi connectivity index (χ1) is 9.97. The first-order valence-electron chi connectivity index (χ1n) is 7.23. The van der Waals surface area contributed by atoms with Crippen LogP contribution >= 0.6 is 0 Å². The lowest BCUT2D eigenvalue weighted by Gasteiger charge is -2.18. The SMILES string of the molecule is O=C(O)C1(CNC(=O)C2(Cc3ccccc3F)CC2)CC1. The second-order valence-electron chi connectivity index (χ2n) is 6.32. The molecule has 2 saturated carbocycles. The minimum atomic E-state index is -0.846. The lowest BCUT2D eigenvalue weighted by atomic mass is 9.94. The molecule has 2 aliphatic carbocycles. The van der Waals surface area contributed by atoms with Gasteiger partial charge in [-0.1, -0.05) is 18.2 Å². The largest absolute Gasteiger partial charge is 0.481 e. The molecule has 1 amide bonds. The first kappa shape index (κ1) is 14.0. The van der Waals surface area contributed by atoms with E-state index < -0.39 is 16.8 Å². The van der Waals surface area contributed by atoms with Crippen LogP contribution in [0.25, 0.3) is 0 Å². The predicted molar refractivity (Wildman–Crippen MR) is 74.1 cm³/mol. The van der Waals surface area contributed by atoms with E-state index in [0.717, 1.165) is 12.8 Å². The van der Waals surface area contributed by atoms with Gasteiger partial charge in [0.15, 0.2) is 0 Å². The fraction of sp³-hybridized carbons (Fsp3) is 0.500. The van der Waals surface area contributed by atoms with Crippen molar-refractivity contribution in [3.63, 3.8) is 0 Å². The Labute approximate surface area is 122 Å². The summed E-state index contributed by atoms with van der Waals surface area (Å²) in [5.74, 6) is -1.28. The highest BCUT2D eigenvalue weighted by atomic mass is 19.1. The summed E-state index contributed by atoms with van der Waals surface area (Å²) in [6.07, 6.45) is 3.07. The van der Waals surface area contributed by atoms with Gasteiger partial charge in [0.2, 0.25) is 5.91 Å². The van der Waals surface area contributed by atoms with Crippen LogP contribution in [0.4, 0.5) is 4.39 Å². The molecule has 1 aromatic carbocycles. The summed E-state index contributed by atoms with van der Waals surface area (Å²) < 4.78 is 13.7. The van der Waals surface area contributed by atoms with Gasteiger partial charge in [-0.05, 0) is 43.7 Å². The Kier molecular flexibility index (Phi) is 3.23. The van der Waals surface area contributed by atoms with Gasteiger partial charge in [-0.15, -0.1) is 0 Å². The van der Waals surface area contributed by atoms with Gasteiger partial charge in [-0.3, -0.25) is 9.59 Å². The number of carbonyl (C=O) groups excluding carboxylic acids is 1. The molecule has 0 atom stereocenters. The third-order valence-electron chi connectivity index (χ3n) is 4.72. The number of carboxylic acids is 1. The van der Waals surface area contributed by atoms with Crippen LogP contribution in [0.1, 0.15) is 31.2 Å². The fourth-order valence-electron chi connectivity index (χ4n) is 2.70. The Balaban J connectivity index is 1.62. The number of halogens is 1. The van der Waals surface area contributed by atoms with Crippen LogP contribution in [-0.2, 0) is 16.0 Å². The monoisotopic (exact) mass is 291 g/mol. The van der Waals surface area contributed by atoms with Gasteiger partial charge in [-0.25, -0.2) is 4.39 Å². The zero-order valence-electron chi connectivity index (χ0n) is 11.7. The van der Waals surface area contributed by atoms with Crippen LogP contribution in [0.3, 0.4) is 0 Å². The lowest BCUT2D eigenvalue weighted by molar-refractivity contribution is -0.143. The zero-order chi connectivity index (χ0) is 15.1. The highest BCUT2D eigenvalue weighted by Gasteiger charge is 2.53. The maximum atomic E-state index is 13.7. The van der Waals surface area contributed by atoms with E-state index in [0.29, 0.717) is 24.8 Å². The second-order valence-corrected chi connectivity index (χ2v) is 6.32. The summed E-state index contributed by atoms with van der Waals surface area (Å²) in [5, 5.41) is 11.9. The van der Waals surface area contributed by atoms with Crippen LogP contribution in [-0.4, -0.2) is 23.5 Å². The molecule has 0 bridgehead atoms. The molecule has 0 saturated heterocycles. The first-order valence-corrected chi connectivity index (χ1v) is 7.23. The van der Waals surface area contributed by atoms with Crippen LogP contribution < -0.4 is 5.32 Å². The Morgan fingerprint density at radius 1 is 1.14 bits per heavy atom. The van der Waals surface area contributed by atoms with Gasteiger partial charge in [-0.2, -0.15) is 0 Å². The predicted octanol–water partition coefficient (Wildman–Crippen LogP) is 2.13. The van der Waals surface area contributed by atoms with E-state index in [1.54, 1.807) is 18.2 Å². The van der Waals surface area contributed by atoms with Crippen molar-refractivity contribution in [2.45, 2.75) is 32.1 Å². The van der Waals surface area contributed by atoms with Gasteiger partial charge in [0, 0.05) is 6.54 Å². The Morgan fingerprint density at radius 2 is 1.76 bits per heavy atom. The number of nitrogens with one attached hydrogen (secondary N) is 1. The molecular weight excluding hydrogens is 273 g/mol. The third kappa shape index (κ3) is 2.64. The molecule has 0 unspecified atom stereocenters. The lowest BCUT2D eigenvalue weighted by Crippen LogP contribution is -2.39. The standard InChI is InChI=1S/C16H18FNO3/c17-12-4-2-1-3-11(12)9-15(5-6-15)13(19)18-10-16(7-8-16)14(20)21/h1-4H,5-10H2,(H,18,19)(H,20,21). The molecule has 5 heteroatoms. The maximum absolute atomic E-state index is 13.7. The van der Waals surface area contributed by atoms with Crippen LogP contribution in [0, 0.1) is 16.6 Å². The number of hydrogen-bond acceptors (Lipinski definition) is 2. The zero-order valence-corrected chi connectivity index (χ0v) is 11.7. The van der Waals surface area contributed by atoms with Crippen molar-refractivity contribution in [2.75, 3.05) is 6.54 Å². The summed E-state index contributed by atoms with van der Waals surface area (Å²) in [4.78, 5) is 23.4. The minimum Gasteiger partial charge on any atom is -0.481 e. The summed E-state index contributed by atoms with van der Waals surface area (Å²) in [6.45, 7) is 0.181. The van der Waals surface area contributed by atoms with E-state index in [4.69, 9.17) is 5.11 Å². The molecule has 2 N–H and O–H groups in total. The molecule has 0 aromatic heterocycles. The quantitative estimate of drug-likeness (QED) is 0.843. The van der Waals surface area contributed by atoms with E-state index in [9.17, 15) is 14.0 Å². The van der Waals surface area contributed by atoms with Gasteiger partial charge in [0.25, 0.3) is 0 Å². The number of benzene rings is 1. The molecular formula is C16H18FNO3. The third-order valence-corrected chi connectivity index (χ3v) is 4.72. The van der Waals surface area contributed by atoms with Crippen molar-refractivity contribution in [1.29, 1.82) is 0 Å².